The van der Waals surface area contributed by atoms with Crippen LogP contribution in [-0.2, 0) is 0 Å². The molecule has 1 nitrogen and oxygen atoms in total. The van der Waals surface area contributed by atoms with E-state index in [1.165, 1.54) is 6.42 Å². The van der Waals surface area contributed by atoms with Gasteiger partial charge in [-0.3, -0.25) is 0 Å². The fraction of sp³-hybridized carbons (Fsp3) is 1.00. The van der Waals surface area contributed by atoms with Crippen molar-refractivity contribution >= 4 is 22.6 Å². The van der Waals surface area contributed by atoms with Gasteiger partial charge in [0.1, 0.15) is 0 Å². The lowest BCUT2D eigenvalue weighted by Crippen LogP contribution is -2.38. The van der Waals surface area contributed by atoms with Gasteiger partial charge in [-0.05, 0) is 33.7 Å². The SMILES string of the molecule is CC(C)(I)CCNC(C)(C)C. The van der Waals surface area contributed by atoms with Crippen molar-refractivity contribution in [3.8, 4) is 0 Å². The van der Waals surface area contributed by atoms with Crippen LogP contribution in [0.3, 0.4) is 0 Å². The van der Waals surface area contributed by atoms with Gasteiger partial charge in [0.2, 0.25) is 0 Å². The average Bonchev–Trinajstić information content (AvgIpc) is 1.55. The third kappa shape index (κ3) is 10.7. The van der Waals surface area contributed by atoms with Crippen LogP contribution in [0.5, 0.6) is 0 Å². The molecular formula is C9H20IN. The summed E-state index contributed by atoms with van der Waals surface area (Å²) in [5, 5.41) is 3.47. The van der Waals surface area contributed by atoms with E-state index in [4.69, 9.17) is 0 Å². The predicted octanol–water partition coefficient (Wildman–Crippen LogP) is 2.98. The first kappa shape index (κ1) is 11.7. The summed E-state index contributed by atoms with van der Waals surface area (Å²) >= 11 is 2.49. The van der Waals surface area contributed by atoms with Gasteiger partial charge in [0.15, 0.2) is 0 Å². The summed E-state index contributed by atoms with van der Waals surface area (Å²) in [5.74, 6) is 0. The Morgan fingerprint density at radius 1 is 1.09 bits per heavy atom. The molecule has 0 unspecified atom stereocenters. The van der Waals surface area contributed by atoms with Crippen molar-refractivity contribution in [1.82, 2.24) is 5.32 Å². The highest BCUT2D eigenvalue weighted by Gasteiger charge is 2.14. The maximum absolute atomic E-state index is 3.47. The standard InChI is InChI=1S/C9H20IN/c1-8(2,3)11-7-6-9(4,5)10/h11H,6-7H2,1-5H3. The van der Waals surface area contributed by atoms with Crippen molar-refractivity contribution in [2.45, 2.75) is 50.0 Å². The number of halogens is 1. The van der Waals surface area contributed by atoms with Crippen molar-refractivity contribution in [3.05, 3.63) is 0 Å². The Hall–Kier alpha value is 0.690. The van der Waals surface area contributed by atoms with Crippen LogP contribution < -0.4 is 5.32 Å². The van der Waals surface area contributed by atoms with Gasteiger partial charge in [0, 0.05) is 8.96 Å². The molecule has 0 atom stereocenters. The van der Waals surface area contributed by atoms with Crippen molar-refractivity contribution in [1.29, 1.82) is 0 Å². The number of alkyl halides is 1. The number of rotatable bonds is 3. The Kier molecular flexibility index (Phi) is 4.33. The summed E-state index contributed by atoms with van der Waals surface area (Å²) in [4.78, 5) is 0. The van der Waals surface area contributed by atoms with Gasteiger partial charge < -0.3 is 5.32 Å². The van der Waals surface area contributed by atoms with Crippen molar-refractivity contribution < 1.29 is 0 Å². The summed E-state index contributed by atoms with van der Waals surface area (Å²) in [6.45, 7) is 12.2. The molecule has 0 rings (SSSR count). The summed E-state index contributed by atoms with van der Waals surface area (Å²) in [6.07, 6.45) is 1.23. The summed E-state index contributed by atoms with van der Waals surface area (Å²) < 4.78 is 0.427. The Balaban J connectivity index is 3.44. The van der Waals surface area contributed by atoms with Crippen LogP contribution in [0.15, 0.2) is 0 Å². The van der Waals surface area contributed by atoms with Crippen molar-refractivity contribution in [2.24, 2.45) is 0 Å². The van der Waals surface area contributed by atoms with E-state index in [0.717, 1.165) is 6.54 Å². The summed E-state index contributed by atoms with van der Waals surface area (Å²) in [6, 6.07) is 0. The van der Waals surface area contributed by atoms with E-state index in [1.54, 1.807) is 0 Å². The molecule has 0 spiro atoms. The van der Waals surface area contributed by atoms with E-state index in [0.29, 0.717) is 3.42 Å². The Morgan fingerprint density at radius 2 is 1.55 bits per heavy atom. The van der Waals surface area contributed by atoms with Crippen LogP contribution >= 0.6 is 22.6 Å². The molecule has 2 heteroatoms. The molecule has 0 radical (unpaired) electrons. The minimum Gasteiger partial charge on any atom is -0.312 e. The molecule has 0 saturated carbocycles. The third-order valence-electron chi connectivity index (χ3n) is 1.37. The van der Waals surface area contributed by atoms with Crippen LogP contribution in [-0.4, -0.2) is 15.5 Å². The van der Waals surface area contributed by atoms with Gasteiger partial charge in [-0.2, -0.15) is 0 Å². The maximum Gasteiger partial charge on any atom is 0.0178 e. The Labute approximate surface area is 84.5 Å². The van der Waals surface area contributed by atoms with E-state index in [9.17, 15) is 0 Å². The van der Waals surface area contributed by atoms with Crippen LogP contribution in [0.2, 0.25) is 0 Å². The van der Waals surface area contributed by atoms with Crippen LogP contribution in [0.25, 0.3) is 0 Å². The van der Waals surface area contributed by atoms with E-state index in [1.807, 2.05) is 0 Å². The lowest BCUT2D eigenvalue weighted by Gasteiger charge is -2.23. The molecule has 0 amide bonds. The molecule has 0 bridgehead atoms. The van der Waals surface area contributed by atoms with Gasteiger partial charge in [-0.15, -0.1) is 0 Å². The third-order valence-corrected chi connectivity index (χ3v) is 1.91. The number of hydrogen-bond donors (Lipinski definition) is 1. The first-order chi connectivity index (χ1) is 4.71. The number of hydrogen-bond acceptors (Lipinski definition) is 1. The first-order valence-corrected chi connectivity index (χ1v) is 5.22. The van der Waals surface area contributed by atoms with Gasteiger partial charge in [-0.25, -0.2) is 0 Å². The van der Waals surface area contributed by atoms with E-state index < -0.39 is 0 Å². The van der Waals surface area contributed by atoms with Crippen molar-refractivity contribution in [2.75, 3.05) is 6.54 Å². The van der Waals surface area contributed by atoms with Gasteiger partial charge in [0.05, 0.1) is 0 Å². The maximum atomic E-state index is 3.47. The number of nitrogens with one attached hydrogen (secondary N) is 1. The average molecular weight is 269 g/mol. The molecule has 0 saturated heterocycles. The zero-order valence-electron chi connectivity index (χ0n) is 8.29. The molecular weight excluding hydrogens is 249 g/mol. The second-order valence-electron chi connectivity index (χ2n) is 4.65. The molecule has 68 valence electrons. The highest BCUT2D eigenvalue weighted by molar-refractivity contribution is 14.1. The highest BCUT2D eigenvalue weighted by atomic mass is 127. The quantitative estimate of drug-likeness (QED) is 0.613. The normalized spacial score (nSPS) is 13.6. The van der Waals surface area contributed by atoms with Crippen molar-refractivity contribution in [3.63, 3.8) is 0 Å². The minimum absolute atomic E-state index is 0.266. The fourth-order valence-corrected chi connectivity index (χ4v) is 1.00. The molecule has 0 aromatic rings. The van der Waals surface area contributed by atoms with Crippen LogP contribution in [0.4, 0.5) is 0 Å². The largest absolute Gasteiger partial charge is 0.312 e. The molecule has 11 heavy (non-hydrogen) atoms. The predicted molar refractivity (Wildman–Crippen MR) is 60.5 cm³/mol. The van der Waals surface area contributed by atoms with Gasteiger partial charge in [-0.1, -0.05) is 36.4 Å². The molecule has 1 N–H and O–H groups in total. The monoisotopic (exact) mass is 269 g/mol. The van der Waals surface area contributed by atoms with Gasteiger partial charge in [0.25, 0.3) is 0 Å². The zero-order valence-corrected chi connectivity index (χ0v) is 10.4. The zero-order chi connectivity index (χ0) is 9.12. The second kappa shape index (κ2) is 4.08. The topological polar surface area (TPSA) is 12.0 Å². The molecule has 0 aliphatic heterocycles. The van der Waals surface area contributed by atoms with E-state index >= 15 is 0 Å². The molecule has 0 aliphatic rings. The van der Waals surface area contributed by atoms with E-state index in [2.05, 4.69) is 62.5 Å². The lowest BCUT2D eigenvalue weighted by molar-refractivity contribution is 0.413. The van der Waals surface area contributed by atoms with E-state index in [-0.39, 0.29) is 5.54 Å². The fourth-order valence-electron chi connectivity index (χ4n) is 0.735. The van der Waals surface area contributed by atoms with Gasteiger partial charge >= 0.3 is 0 Å². The smallest absolute Gasteiger partial charge is 0.0178 e. The second-order valence-corrected chi connectivity index (χ2v) is 7.57. The molecule has 0 heterocycles. The molecule has 0 aromatic heterocycles. The Morgan fingerprint density at radius 3 is 1.82 bits per heavy atom. The highest BCUT2D eigenvalue weighted by Crippen LogP contribution is 2.20. The van der Waals surface area contributed by atoms with Crippen LogP contribution in [0.1, 0.15) is 41.0 Å². The summed E-state index contributed by atoms with van der Waals surface area (Å²) in [7, 11) is 0. The minimum atomic E-state index is 0.266. The summed E-state index contributed by atoms with van der Waals surface area (Å²) in [5.41, 5.74) is 0.266. The Bertz CT molecular complexity index is 93.7. The molecule has 0 fully saturated rings. The molecule has 0 aromatic carbocycles. The van der Waals surface area contributed by atoms with Crippen LogP contribution in [0, 0.1) is 0 Å². The molecule has 0 aliphatic carbocycles. The first-order valence-electron chi connectivity index (χ1n) is 4.15. The lowest BCUT2D eigenvalue weighted by atomic mass is 10.1.